The average molecular weight is 266 g/mol. The second-order valence-corrected chi connectivity index (χ2v) is 3.69. The number of aromatic nitrogens is 6. The minimum atomic E-state index is -0.629. The molecule has 2 aromatic heterocycles. The molecule has 0 saturated heterocycles. The van der Waals surface area contributed by atoms with Crippen LogP contribution in [0.25, 0.3) is 0 Å². The van der Waals surface area contributed by atoms with Crippen LogP contribution >= 0.6 is 0 Å². The van der Waals surface area contributed by atoms with Crippen LogP contribution < -0.4 is 5.32 Å². The smallest absolute Gasteiger partial charge is 0.358 e. The summed E-state index contributed by atoms with van der Waals surface area (Å²) >= 11 is 0. The molecule has 0 radical (unpaired) electrons. The Morgan fingerprint density at radius 2 is 2.47 bits per heavy atom. The molecule has 0 aliphatic heterocycles. The average Bonchev–Trinajstić information content (AvgIpc) is 2.98. The lowest BCUT2D eigenvalue weighted by atomic mass is 10.3. The van der Waals surface area contributed by atoms with Crippen molar-refractivity contribution in [3.05, 3.63) is 28.2 Å². The van der Waals surface area contributed by atoms with Crippen molar-refractivity contribution >= 4 is 11.7 Å². The second-order valence-electron chi connectivity index (χ2n) is 3.69. The summed E-state index contributed by atoms with van der Waals surface area (Å²) in [6.45, 7) is 1.56. The third-order valence-corrected chi connectivity index (χ3v) is 2.25. The standard InChI is InChI=1S/C8H10N8O3/c1-5(8-10-13-14-11-8)9-7(17)4-15-3-2-6(12-15)16(18)19/h2-3,5H,4H2,1H3,(H,9,17)(H,10,11,13,14). The van der Waals surface area contributed by atoms with E-state index in [9.17, 15) is 14.9 Å². The molecule has 1 unspecified atom stereocenters. The first-order chi connectivity index (χ1) is 9.06. The van der Waals surface area contributed by atoms with E-state index in [2.05, 4.69) is 31.0 Å². The summed E-state index contributed by atoms with van der Waals surface area (Å²) in [5.74, 6) is -0.325. The monoisotopic (exact) mass is 266 g/mol. The van der Waals surface area contributed by atoms with Crippen LogP contribution in [0.15, 0.2) is 12.3 Å². The van der Waals surface area contributed by atoms with Crippen LogP contribution in [-0.2, 0) is 11.3 Å². The predicted molar refractivity (Wildman–Crippen MR) is 59.6 cm³/mol. The van der Waals surface area contributed by atoms with E-state index in [1.165, 1.54) is 16.9 Å². The molecule has 11 nitrogen and oxygen atoms in total. The van der Waals surface area contributed by atoms with Gasteiger partial charge in [0.25, 0.3) is 0 Å². The van der Waals surface area contributed by atoms with E-state index in [-0.39, 0.29) is 18.3 Å². The van der Waals surface area contributed by atoms with E-state index in [4.69, 9.17) is 0 Å². The summed E-state index contributed by atoms with van der Waals surface area (Å²) in [7, 11) is 0. The number of nitrogens with one attached hydrogen (secondary N) is 2. The number of tetrazole rings is 1. The minimum Gasteiger partial charge on any atom is -0.358 e. The molecule has 0 bridgehead atoms. The fourth-order valence-electron chi connectivity index (χ4n) is 1.39. The molecule has 0 aliphatic rings. The lowest BCUT2D eigenvalue weighted by Gasteiger charge is -2.08. The Kier molecular flexibility index (Phi) is 3.45. The van der Waals surface area contributed by atoms with Gasteiger partial charge in [0.1, 0.15) is 6.54 Å². The summed E-state index contributed by atoms with van der Waals surface area (Å²) in [6.07, 6.45) is 1.36. The van der Waals surface area contributed by atoms with Gasteiger partial charge in [0.2, 0.25) is 5.91 Å². The van der Waals surface area contributed by atoms with Gasteiger partial charge >= 0.3 is 5.82 Å². The molecule has 2 N–H and O–H groups in total. The number of amides is 1. The van der Waals surface area contributed by atoms with Gasteiger partial charge < -0.3 is 15.4 Å². The Balaban J connectivity index is 1.92. The summed E-state index contributed by atoms with van der Waals surface area (Å²) in [5, 5.41) is 29.8. The van der Waals surface area contributed by atoms with Gasteiger partial charge in [-0.3, -0.25) is 4.79 Å². The summed E-state index contributed by atoms with van der Waals surface area (Å²) in [4.78, 5) is 21.5. The molecular weight excluding hydrogens is 256 g/mol. The largest absolute Gasteiger partial charge is 0.389 e. The fraction of sp³-hybridized carbons (Fsp3) is 0.375. The van der Waals surface area contributed by atoms with Crippen molar-refractivity contribution in [2.75, 3.05) is 0 Å². The maximum atomic E-state index is 11.7. The van der Waals surface area contributed by atoms with Gasteiger partial charge in [-0.25, -0.2) is 0 Å². The first-order valence-corrected chi connectivity index (χ1v) is 5.27. The summed E-state index contributed by atoms with van der Waals surface area (Å²) in [5.41, 5.74) is 0. The lowest BCUT2D eigenvalue weighted by molar-refractivity contribution is -0.389. The Morgan fingerprint density at radius 3 is 3.05 bits per heavy atom. The highest BCUT2D eigenvalue weighted by atomic mass is 16.6. The molecule has 0 aromatic carbocycles. The molecule has 0 saturated carbocycles. The molecule has 11 heteroatoms. The number of hydrogen-bond acceptors (Lipinski definition) is 7. The third-order valence-electron chi connectivity index (χ3n) is 2.25. The number of nitro groups is 1. The van der Waals surface area contributed by atoms with E-state index in [0.29, 0.717) is 5.82 Å². The van der Waals surface area contributed by atoms with Gasteiger partial charge in [-0.05, 0) is 11.8 Å². The molecule has 2 rings (SSSR count). The fourth-order valence-corrected chi connectivity index (χ4v) is 1.39. The first-order valence-electron chi connectivity index (χ1n) is 5.27. The molecule has 0 fully saturated rings. The van der Waals surface area contributed by atoms with Crippen LogP contribution in [0, 0.1) is 10.1 Å². The molecule has 2 aromatic rings. The van der Waals surface area contributed by atoms with Crippen LogP contribution in [0.4, 0.5) is 5.82 Å². The molecule has 0 spiro atoms. The first kappa shape index (κ1) is 12.6. The number of rotatable bonds is 5. The van der Waals surface area contributed by atoms with Crippen LogP contribution in [-0.4, -0.2) is 41.2 Å². The number of hydrogen-bond donors (Lipinski definition) is 2. The quantitative estimate of drug-likeness (QED) is 0.531. The van der Waals surface area contributed by atoms with Gasteiger partial charge in [0.15, 0.2) is 5.82 Å². The van der Waals surface area contributed by atoms with Gasteiger partial charge in [-0.2, -0.15) is 9.90 Å². The topological polar surface area (TPSA) is 145 Å². The highest BCUT2D eigenvalue weighted by Gasteiger charge is 2.16. The zero-order valence-electron chi connectivity index (χ0n) is 9.85. The molecular formula is C8H10N8O3. The maximum absolute atomic E-state index is 11.7. The van der Waals surface area contributed by atoms with E-state index in [1.54, 1.807) is 6.92 Å². The molecule has 19 heavy (non-hydrogen) atoms. The molecule has 1 amide bonds. The molecule has 0 aliphatic carbocycles. The number of nitrogens with zero attached hydrogens (tertiary/aromatic N) is 6. The van der Waals surface area contributed by atoms with Crippen LogP contribution in [0.5, 0.6) is 0 Å². The van der Waals surface area contributed by atoms with Crippen molar-refractivity contribution in [2.24, 2.45) is 0 Å². The van der Waals surface area contributed by atoms with Crippen molar-refractivity contribution in [3.8, 4) is 0 Å². The van der Waals surface area contributed by atoms with Crippen molar-refractivity contribution in [2.45, 2.75) is 19.5 Å². The Labute approximate surface area is 106 Å². The van der Waals surface area contributed by atoms with Gasteiger partial charge in [0, 0.05) is 0 Å². The van der Waals surface area contributed by atoms with E-state index in [0.717, 1.165) is 0 Å². The zero-order chi connectivity index (χ0) is 13.8. The van der Waals surface area contributed by atoms with Crippen LogP contribution in [0.2, 0.25) is 0 Å². The normalized spacial score (nSPS) is 12.1. The number of carbonyl (C=O) groups excluding carboxylic acids is 1. The van der Waals surface area contributed by atoms with Gasteiger partial charge in [-0.1, -0.05) is 5.21 Å². The minimum absolute atomic E-state index is 0.129. The van der Waals surface area contributed by atoms with Crippen molar-refractivity contribution < 1.29 is 9.72 Å². The molecule has 2 heterocycles. The Hall–Kier alpha value is -2.85. The third kappa shape index (κ3) is 3.08. The number of aromatic amines is 1. The maximum Gasteiger partial charge on any atom is 0.389 e. The van der Waals surface area contributed by atoms with Crippen LogP contribution in [0.1, 0.15) is 18.8 Å². The second kappa shape index (κ2) is 5.20. The predicted octanol–water partition coefficient (Wildman–Crippen LogP) is -0.818. The number of carbonyl (C=O) groups is 1. The molecule has 1 atom stereocenters. The SMILES string of the molecule is CC(NC(=O)Cn1ccc([N+](=O)[O-])n1)c1nn[nH]n1. The highest BCUT2D eigenvalue weighted by Crippen LogP contribution is 2.06. The van der Waals surface area contributed by atoms with E-state index < -0.39 is 11.0 Å². The summed E-state index contributed by atoms with van der Waals surface area (Å²) in [6, 6.07) is 0.799. The molecule has 100 valence electrons. The summed E-state index contributed by atoms with van der Waals surface area (Å²) < 4.78 is 1.18. The Bertz CT molecular complexity index is 577. The van der Waals surface area contributed by atoms with Crippen molar-refractivity contribution in [1.29, 1.82) is 0 Å². The van der Waals surface area contributed by atoms with E-state index in [1.807, 2.05) is 0 Å². The van der Waals surface area contributed by atoms with Gasteiger partial charge in [-0.15, -0.1) is 10.2 Å². The number of H-pyrrole nitrogens is 1. The van der Waals surface area contributed by atoms with Crippen LogP contribution in [0.3, 0.4) is 0 Å². The van der Waals surface area contributed by atoms with Crippen molar-refractivity contribution in [1.82, 2.24) is 35.7 Å². The van der Waals surface area contributed by atoms with E-state index >= 15 is 0 Å². The van der Waals surface area contributed by atoms with Crippen molar-refractivity contribution in [3.63, 3.8) is 0 Å². The Morgan fingerprint density at radius 1 is 1.68 bits per heavy atom. The lowest BCUT2D eigenvalue weighted by Crippen LogP contribution is -2.30. The zero-order valence-corrected chi connectivity index (χ0v) is 9.85. The van der Waals surface area contributed by atoms with Gasteiger partial charge in [0.05, 0.1) is 23.4 Å². The highest BCUT2D eigenvalue weighted by molar-refractivity contribution is 5.76.